The highest BCUT2D eigenvalue weighted by Gasteiger charge is 2.19. The van der Waals surface area contributed by atoms with Gasteiger partial charge in [0.1, 0.15) is 0 Å². The van der Waals surface area contributed by atoms with E-state index in [2.05, 4.69) is 50.5 Å². The maximum absolute atomic E-state index is 3.51. The Bertz CT molecular complexity index is 360. The molecule has 1 nitrogen and oxygen atoms in total. The first-order valence-corrected chi connectivity index (χ1v) is 7.95. The van der Waals surface area contributed by atoms with E-state index < -0.39 is 0 Å². The molecule has 106 valence electrons. The number of rotatable bonds is 6. The Balaban J connectivity index is 1.89. The van der Waals surface area contributed by atoms with Crippen LogP contribution >= 0.6 is 0 Å². The Morgan fingerprint density at radius 2 is 1.74 bits per heavy atom. The van der Waals surface area contributed by atoms with Crippen molar-refractivity contribution in [3.05, 3.63) is 35.4 Å². The van der Waals surface area contributed by atoms with Crippen LogP contribution in [-0.2, 0) is 6.42 Å². The van der Waals surface area contributed by atoms with E-state index in [4.69, 9.17) is 0 Å². The van der Waals surface area contributed by atoms with E-state index in [1.165, 1.54) is 49.7 Å². The summed E-state index contributed by atoms with van der Waals surface area (Å²) in [5, 5.41) is 3.51. The van der Waals surface area contributed by atoms with E-state index in [-0.39, 0.29) is 0 Å². The molecule has 0 radical (unpaired) electrons. The summed E-state index contributed by atoms with van der Waals surface area (Å²) in [4.78, 5) is 0. The van der Waals surface area contributed by atoms with E-state index in [1.54, 1.807) is 0 Å². The van der Waals surface area contributed by atoms with Crippen molar-refractivity contribution in [2.45, 2.75) is 64.3 Å². The zero-order valence-electron chi connectivity index (χ0n) is 12.8. The summed E-state index contributed by atoms with van der Waals surface area (Å²) in [5.74, 6) is 1.60. The molecule has 1 unspecified atom stereocenters. The first kappa shape index (κ1) is 14.6. The SMILES string of the molecule is CNC(Cc1ccc(C(C)C)cc1)CC1CCCC1. The molecular formula is C18H29N. The van der Waals surface area contributed by atoms with Crippen LogP contribution in [0.1, 0.15) is 63.0 Å². The molecule has 1 aromatic carbocycles. The van der Waals surface area contributed by atoms with Crippen molar-refractivity contribution in [1.82, 2.24) is 5.32 Å². The Labute approximate surface area is 118 Å². The lowest BCUT2D eigenvalue weighted by molar-refractivity contribution is 0.402. The number of hydrogen-bond acceptors (Lipinski definition) is 1. The number of benzene rings is 1. The molecule has 1 aliphatic carbocycles. The lowest BCUT2D eigenvalue weighted by atomic mass is 9.93. The Morgan fingerprint density at radius 1 is 1.11 bits per heavy atom. The molecule has 1 heteroatoms. The van der Waals surface area contributed by atoms with E-state index in [0.717, 1.165) is 5.92 Å². The van der Waals surface area contributed by atoms with E-state index in [1.807, 2.05) is 0 Å². The van der Waals surface area contributed by atoms with Gasteiger partial charge in [-0.25, -0.2) is 0 Å². The number of hydrogen-bond donors (Lipinski definition) is 1. The summed E-state index contributed by atoms with van der Waals surface area (Å²) in [6.07, 6.45) is 8.32. The Hall–Kier alpha value is -0.820. The average Bonchev–Trinajstić information content (AvgIpc) is 2.91. The highest BCUT2D eigenvalue weighted by atomic mass is 14.9. The minimum Gasteiger partial charge on any atom is -0.317 e. The minimum atomic E-state index is 0.632. The molecule has 0 heterocycles. The normalized spacial score (nSPS) is 18.1. The first-order valence-electron chi connectivity index (χ1n) is 7.95. The maximum atomic E-state index is 3.51. The van der Waals surface area contributed by atoms with Gasteiger partial charge in [0, 0.05) is 6.04 Å². The van der Waals surface area contributed by atoms with Gasteiger partial charge in [-0.15, -0.1) is 0 Å². The highest BCUT2D eigenvalue weighted by molar-refractivity contribution is 5.25. The van der Waals surface area contributed by atoms with Gasteiger partial charge < -0.3 is 5.32 Å². The maximum Gasteiger partial charge on any atom is 0.0107 e. The molecule has 0 spiro atoms. The molecule has 1 aromatic rings. The van der Waals surface area contributed by atoms with Gasteiger partial charge in [-0.05, 0) is 42.9 Å². The number of likely N-dealkylation sites (N-methyl/N-ethyl adjacent to an activating group) is 1. The molecule has 0 amide bonds. The van der Waals surface area contributed by atoms with Gasteiger partial charge in [0.2, 0.25) is 0 Å². The molecule has 0 saturated heterocycles. The molecule has 2 rings (SSSR count). The zero-order valence-corrected chi connectivity index (χ0v) is 12.8. The molecule has 1 saturated carbocycles. The van der Waals surface area contributed by atoms with Gasteiger partial charge >= 0.3 is 0 Å². The van der Waals surface area contributed by atoms with Crippen molar-refractivity contribution in [3.8, 4) is 0 Å². The van der Waals surface area contributed by atoms with Crippen LogP contribution in [0.3, 0.4) is 0 Å². The fourth-order valence-electron chi connectivity index (χ4n) is 3.27. The summed E-state index contributed by atoms with van der Waals surface area (Å²) < 4.78 is 0. The topological polar surface area (TPSA) is 12.0 Å². The second-order valence-corrected chi connectivity index (χ2v) is 6.47. The third-order valence-corrected chi connectivity index (χ3v) is 4.63. The molecule has 19 heavy (non-hydrogen) atoms. The smallest absolute Gasteiger partial charge is 0.0107 e. The fraction of sp³-hybridized carbons (Fsp3) is 0.667. The molecule has 1 fully saturated rings. The first-order chi connectivity index (χ1) is 9.19. The van der Waals surface area contributed by atoms with Crippen LogP contribution in [0.5, 0.6) is 0 Å². The molecular weight excluding hydrogens is 230 g/mol. The zero-order chi connectivity index (χ0) is 13.7. The lowest BCUT2D eigenvalue weighted by Crippen LogP contribution is -2.29. The Kier molecular flexibility index (Phi) is 5.45. The molecule has 0 aliphatic heterocycles. The van der Waals surface area contributed by atoms with E-state index in [9.17, 15) is 0 Å². The van der Waals surface area contributed by atoms with E-state index in [0.29, 0.717) is 12.0 Å². The van der Waals surface area contributed by atoms with Crippen LogP contribution in [0.15, 0.2) is 24.3 Å². The van der Waals surface area contributed by atoms with Crippen molar-refractivity contribution >= 4 is 0 Å². The van der Waals surface area contributed by atoms with Crippen LogP contribution in [0.25, 0.3) is 0 Å². The monoisotopic (exact) mass is 259 g/mol. The van der Waals surface area contributed by atoms with Gasteiger partial charge in [0.05, 0.1) is 0 Å². The van der Waals surface area contributed by atoms with Crippen molar-refractivity contribution in [2.24, 2.45) is 5.92 Å². The van der Waals surface area contributed by atoms with Crippen LogP contribution < -0.4 is 5.32 Å². The fourth-order valence-corrected chi connectivity index (χ4v) is 3.27. The predicted molar refractivity (Wildman–Crippen MR) is 83.7 cm³/mol. The van der Waals surface area contributed by atoms with Crippen LogP contribution in [-0.4, -0.2) is 13.1 Å². The second-order valence-electron chi connectivity index (χ2n) is 6.47. The summed E-state index contributed by atoms with van der Waals surface area (Å²) >= 11 is 0. The molecule has 1 aliphatic rings. The number of nitrogens with one attached hydrogen (secondary N) is 1. The molecule has 0 bridgehead atoms. The van der Waals surface area contributed by atoms with Gasteiger partial charge in [-0.2, -0.15) is 0 Å². The third kappa shape index (κ3) is 4.35. The summed E-state index contributed by atoms with van der Waals surface area (Å²) in [6.45, 7) is 4.51. The predicted octanol–water partition coefficient (Wildman–Crippen LogP) is 4.52. The van der Waals surface area contributed by atoms with Gasteiger partial charge in [0.25, 0.3) is 0 Å². The van der Waals surface area contributed by atoms with Gasteiger partial charge in [0.15, 0.2) is 0 Å². The standard InChI is InChI=1S/C18H29N/c1-14(2)17-10-8-16(9-11-17)13-18(19-3)12-15-6-4-5-7-15/h8-11,14-15,18-19H,4-7,12-13H2,1-3H3. The molecule has 1 atom stereocenters. The largest absolute Gasteiger partial charge is 0.317 e. The van der Waals surface area contributed by atoms with Crippen LogP contribution in [0, 0.1) is 5.92 Å². The van der Waals surface area contributed by atoms with Gasteiger partial charge in [-0.3, -0.25) is 0 Å². The van der Waals surface area contributed by atoms with Crippen molar-refractivity contribution in [1.29, 1.82) is 0 Å². The molecule has 1 N–H and O–H groups in total. The van der Waals surface area contributed by atoms with Crippen molar-refractivity contribution < 1.29 is 0 Å². The second kappa shape index (κ2) is 7.09. The minimum absolute atomic E-state index is 0.632. The highest BCUT2D eigenvalue weighted by Crippen LogP contribution is 2.29. The van der Waals surface area contributed by atoms with Crippen LogP contribution in [0.4, 0.5) is 0 Å². The van der Waals surface area contributed by atoms with Crippen molar-refractivity contribution in [2.75, 3.05) is 7.05 Å². The van der Waals surface area contributed by atoms with Gasteiger partial charge in [-0.1, -0.05) is 63.8 Å². The summed E-state index contributed by atoms with van der Waals surface area (Å²) in [6, 6.07) is 9.86. The summed E-state index contributed by atoms with van der Waals surface area (Å²) in [5.41, 5.74) is 2.92. The Morgan fingerprint density at radius 3 is 2.26 bits per heavy atom. The third-order valence-electron chi connectivity index (χ3n) is 4.63. The quantitative estimate of drug-likeness (QED) is 0.792. The average molecular weight is 259 g/mol. The lowest BCUT2D eigenvalue weighted by Gasteiger charge is -2.20. The van der Waals surface area contributed by atoms with E-state index >= 15 is 0 Å². The van der Waals surface area contributed by atoms with Crippen molar-refractivity contribution in [3.63, 3.8) is 0 Å². The molecule has 0 aromatic heterocycles. The summed E-state index contributed by atoms with van der Waals surface area (Å²) in [7, 11) is 2.11. The van der Waals surface area contributed by atoms with Crippen LogP contribution in [0.2, 0.25) is 0 Å².